The van der Waals surface area contributed by atoms with Crippen molar-refractivity contribution in [2.45, 2.75) is 18.9 Å². The van der Waals surface area contributed by atoms with Crippen LogP contribution in [0.15, 0.2) is 60.7 Å². The van der Waals surface area contributed by atoms with Crippen LogP contribution in [-0.4, -0.2) is 41.8 Å². The van der Waals surface area contributed by atoms with Gasteiger partial charge in [-0.1, -0.05) is 60.7 Å². The third-order valence-corrected chi connectivity index (χ3v) is 3.67. The number of hydrogen-bond donors (Lipinski definition) is 1. The fourth-order valence-electron chi connectivity index (χ4n) is 2.25. The first-order valence-electron chi connectivity index (χ1n) is 7.78. The summed E-state index contributed by atoms with van der Waals surface area (Å²) in [4.78, 5) is 24.9. The quantitative estimate of drug-likeness (QED) is 0.849. The van der Waals surface area contributed by atoms with Gasteiger partial charge >= 0.3 is 12.1 Å². The van der Waals surface area contributed by atoms with E-state index in [1.165, 1.54) is 4.90 Å². The summed E-state index contributed by atoms with van der Waals surface area (Å²) in [6.45, 7) is 0.459. The molecule has 0 aliphatic carbocycles. The zero-order valence-electron chi connectivity index (χ0n) is 13.6. The van der Waals surface area contributed by atoms with E-state index in [0.717, 1.165) is 11.1 Å². The Morgan fingerprint density at radius 3 is 2.08 bits per heavy atom. The van der Waals surface area contributed by atoms with Gasteiger partial charge in [0, 0.05) is 20.0 Å². The molecule has 0 aromatic heterocycles. The number of carboxylic acid groups (broad SMARTS) is 1. The molecule has 2 rings (SSSR count). The number of carbonyl (C=O) groups is 2. The fourth-order valence-corrected chi connectivity index (χ4v) is 2.25. The first kappa shape index (κ1) is 17.5. The molecule has 2 aromatic rings. The van der Waals surface area contributed by atoms with Crippen LogP contribution in [0.5, 0.6) is 0 Å². The number of amides is 1. The Hall–Kier alpha value is -2.82. The summed E-state index contributed by atoms with van der Waals surface area (Å²) in [6, 6.07) is 18.9. The topological polar surface area (TPSA) is 66.8 Å². The second kappa shape index (κ2) is 8.72. The average Bonchev–Trinajstić information content (AvgIpc) is 2.60. The number of carboxylic acids is 1. The fraction of sp³-hybridized carbons (Fsp3) is 0.263. The minimum atomic E-state index is -1.20. The van der Waals surface area contributed by atoms with Gasteiger partial charge in [-0.25, -0.2) is 9.59 Å². The Labute approximate surface area is 141 Å². The lowest BCUT2D eigenvalue weighted by molar-refractivity contribution is -0.147. The van der Waals surface area contributed by atoms with Crippen LogP contribution in [0.4, 0.5) is 4.79 Å². The number of hydrogen-bond acceptors (Lipinski definition) is 3. The Bertz CT molecular complexity index is 658. The lowest BCUT2D eigenvalue weighted by Gasteiger charge is -2.20. The Balaban J connectivity index is 1.88. The highest BCUT2D eigenvalue weighted by Crippen LogP contribution is 2.09. The Kier molecular flexibility index (Phi) is 6.37. The van der Waals surface area contributed by atoms with Crippen LogP contribution in [-0.2, 0) is 22.4 Å². The molecule has 2 aromatic carbocycles. The van der Waals surface area contributed by atoms with Gasteiger partial charge in [0.2, 0.25) is 6.10 Å². The zero-order chi connectivity index (χ0) is 17.4. The number of likely N-dealkylation sites (N-methyl/N-ethyl adjacent to an activating group) is 1. The molecule has 1 amide bonds. The van der Waals surface area contributed by atoms with E-state index < -0.39 is 18.2 Å². The molecule has 1 unspecified atom stereocenters. The molecule has 5 heteroatoms. The SMILES string of the molecule is CN(CCc1ccccc1)C(=O)OC(Cc1ccccc1)C(=O)O. The number of ether oxygens (including phenoxy) is 1. The lowest BCUT2D eigenvalue weighted by Crippen LogP contribution is -2.36. The van der Waals surface area contributed by atoms with Crippen LogP contribution in [0.1, 0.15) is 11.1 Å². The van der Waals surface area contributed by atoms with Crippen LogP contribution < -0.4 is 0 Å². The molecule has 0 radical (unpaired) electrons. The molecule has 0 saturated carbocycles. The molecule has 5 nitrogen and oxygen atoms in total. The number of rotatable bonds is 7. The highest BCUT2D eigenvalue weighted by molar-refractivity contribution is 5.77. The van der Waals surface area contributed by atoms with Crippen LogP contribution in [0.25, 0.3) is 0 Å². The predicted octanol–water partition coefficient (Wildman–Crippen LogP) is 2.99. The van der Waals surface area contributed by atoms with Crippen molar-refractivity contribution in [3.63, 3.8) is 0 Å². The average molecular weight is 327 g/mol. The summed E-state index contributed by atoms with van der Waals surface area (Å²) in [7, 11) is 1.60. The Morgan fingerprint density at radius 1 is 1.00 bits per heavy atom. The maximum Gasteiger partial charge on any atom is 0.410 e. The molecule has 0 aliphatic heterocycles. The van der Waals surface area contributed by atoms with Gasteiger partial charge < -0.3 is 14.7 Å². The number of benzene rings is 2. The minimum absolute atomic E-state index is 0.147. The monoisotopic (exact) mass is 327 g/mol. The molecular formula is C19H21NO4. The van der Waals surface area contributed by atoms with Crippen molar-refractivity contribution in [2.24, 2.45) is 0 Å². The van der Waals surface area contributed by atoms with E-state index in [-0.39, 0.29) is 6.42 Å². The minimum Gasteiger partial charge on any atom is -0.478 e. The lowest BCUT2D eigenvalue weighted by atomic mass is 10.1. The van der Waals surface area contributed by atoms with E-state index in [2.05, 4.69) is 0 Å². The maximum absolute atomic E-state index is 12.1. The van der Waals surface area contributed by atoms with Crippen molar-refractivity contribution >= 4 is 12.1 Å². The summed E-state index contributed by atoms with van der Waals surface area (Å²) < 4.78 is 5.15. The van der Waals surface area contributed by atoms with E-state index >= 15 is 0 Å². The number of carbonyl (C=O) groups excluding carboxylic acids is 1. The summed E-state index contributed by atoms with van der Waals surface area (Å²) in [5.74, 6) is -1.15. The third kappa shape index (κ3) is 5.43. The largest absolute Gasteiger partial charge is 0.478 e. The maximum atomic E-state index is 12.1. The molecular weight excluding hydrogens is 306 g/mol. The van der Waals surface area contributed by atoms with Crippen LogP contribution in [0.3, 0.4) is 0 Å². The van der Waals surface area contributed by atoms with Crippen molar-refractivity contribution in [3.05, 3.63) is 71.8 Å². The molecule has 0 heterocycles. The molecule has 24 heavy (non-hydrogen) atoms. The second-order valence-electron chi connectivity index (χ2n) is 5.56. The van der Waals surface area contributed by atoms with Gasteiger partial charge in [-0.05, 0) is 17.5 Å². The molecule has 0 saturated heterocycles. The first-order valence-corrected chi connectivity index (χ1v) is 7.78. The highest BCUT2D eigenvalue weighted by Gasteiger charge is 2.24. The molecule has 0 spiro atoms. The van der Waals surface area contributed by atoms with E-state index in [4.69, 9.17) is 4.74 Å². The number of aliphatic carboxylic acids is 1. The van der Waals surface area contributed by atoms with Gasteiger partial charge in [-0.2, -0.15) is 0 Å². The summed E-state index contributed by atoms with van der Waals surface area (Å²) >= 11 is 0. The molecule has 1 N–H and O–H groups in total. The summed E-state index contributed by atoms with van der Waals surface area (Å²) in [5, 5.41) is 9.28. The molecule has 0 bridgehead atoms. The summed E-state index contributed by atoms with van der Waals surface area (Å²) in [5.41, 5.74) is 1.92. The van der Waals surface area contributed by atoms with Crippen molar-refractivity contribution in [1.29, 1.82) is 0 Å². The number of nitrogens with zero attached hydrogens (tertiary/aromatic N) is 1. The van der Waals surface area contributed by atoms with Gasteiger partial charge in [-0.3, -0.25) is 0 Å². The van der Waals surface area contributed by atoms with Crippen molar-refractivity contribution < 1.29 is 19.4 Å². The van der Waals surface area contributed by atoms with Gasteiger partial charge in [0.1, 0.15) is 0 Å². The van der Waals surface area contributed by atoms with Gasteiger partial charge in [-0.15, -0.1) is 0 Å². The smallest absolute Gasteiger partial charge is 0.410 e. The summed E-state index contributed by atoms with van der Waals surface area (Å²) in [6.07, 6.45) is -0.995. The van der Waals surface area contributed by atoms with Crippen LogP contribution in [0, 0.1) is 0 Å². The Morgan fingerprint density at radius 2 is 1.54 bits per heavy atom. The molecule has 126 valence electrons. The molecule has 1 atom stereocenters. The standard InChI is InChI=1S/C19H21NO4/c1-20(13-12-15-8-4-2-5-9-15)19(23)24-17(18(21)22)14-16-10-6-3-7-11-16/h2-11,17H,12-14H2,1H3,(H,21,22). The van der Waals surface area contributed by atoms with Gasteiger partial charge in [0.15, 0.2) is 0 Å². The van der Waals surface area contributed by atoms with E-state index in [1.807, 2.05) is 60.7 Å². The van der Waals surface area contributed by atoms with Crippen molar-refractivity contribution in [1.82, 2.24) is 4.90 Å². The van der Waals surface area contributed by atoms with Gasteiger partial charge in [0.25, 0.3) is 0 Å². The van der Waals surface area contributed by atoms with Crippen LogP contribution >= 0.6 is 0 Å². The van der Waals surface area contributed by atoms with Crippen LogP contribution in [0.2, 0.25) is 0 Å². The predicted molar refractivity (Wildman–Crippen MR) is 90.8 cm³/mol. The molecule has 0 fully saturated rings. The van der Waals surface area contributed by atoms with E-state index in [9.17, 15) is 14.7 Å². The third-order valence-electron chi connectivity index (χ3n) is 3.67. The van der Waals surface area contributed by atoms with E-state index in [0.29, 0.717) is 13.0 Å². The first-order chi connectivity index (χ1) is 11.6. The van der Waals surface area contributed by atoms with Crippen molar-refractivity contribution in [2.75, 3.05) is 13.6 Å². The highest BCUT2D eigenvalue weighted by atomic mass is 16.6. The van der Waals surface area contributed by atoms with E-state index in [1.54, 1.807) is 7.05 Å². The normalized spacial score (nSPS) is 11.5. The van der Waals surface area contributed by atoms with Gasteiger partial charge in [0.05, 0.1) is 0 Å². The second-order valence-corrected chi connectivity index (χ2v) is 5.56. The van der Waals surface area contributed by atoms with Crippen molar-refractivity contribution in [3.8, 4) is 0 Å². The molecule has 0 aliphatic rings. The zero-order valence-corrected chi connectivity index (χ0v) is 13.6.